The molecule has 0 radical (unpaired) electrons. The van der Waals surface area contributed by atoms with E-state index in [-0.39, 0.29) is 17.9 Å². The van der Waals surface area contributed by atoms with Crippen LogP contribution in [0.3, 0.4) is 0 Å². The van der Waals surface area contributed by atoms with E-state index in [0.29, 0.717) is 43.1 Å². The normalized spacial score (nSPS) is 23.6. The number of amides is 1. The largest absolute Gasteiger partial charge is 0.486 e. The van der Waals surface area contributed by atoms with E-state index in [0.717, 1.165) is 0 Å². The Balaban J connectivity index is 1.62. The van der Waals surface area contributed by atoms with E-state index in [2.05, 4.69) is 5.32 Å². The Morgan fingerprint density at radius 2 is 1.85 bits per heavy atom. The minimum absolute atomic E-state index is 0.0585. The van der Waals surface area contributed by atoms with Crippen LogP contribution < -0.4 is 14.8 Å². The average Bonchev–Trinajstić information content (AvgIpc) is 2.41. The van der Waals surface area contributed by atoms with Crippen LogP contribution in [0, 0.1) is 5.92 Å². The maximum Gasteiger partial charge on any atom is 0.306 e. The van der Waals surface area contributed by atoms with Crippen molar-refractivity contribution in [3.63, 3.8) is 0 Å². The number of carboxylic acid groups (broad SMARTS) is 1. The number of fused-ring (bicyclic) bond motifs is 1. The molecule has 0 bridgehead atoms. The number of hydrogen-bond acceptors (Lipinski definition) is 4. The molecule has 1 saturated carbocycles. The van der Waals surface area contributed by atoms with Crippen molar-refractivity contribution in [2.45, 2.75) is 18.9 Å². The lowest BCUT2D eigenvalue weighted by Crippen LogP contribution is -2.46. The third-order valence-corrected chi connectivity index (χ3v) is 3.63. The first-order chi connectivity index (χ1) is 9.63. The first-order valence-electron chi connectivity index (χ1n) is 6.57. The smallest absolute Gasteiger partial charge is 0.306 e. The van der Waals surface area contributed by atoms with Crippen LogP contribution in [0.1, 0.15) is 23.2 Å². The SMILES string of the molecule is O=C(NC1CC(C(=O)O)C1)c1ccc2c(c1)OCCO2. The summed E-state index contributed by atoms with van der Waals surface area (Å²) in [6.07, 6.45) is 0.983. The van der Waals surface area contributed by atoms with E-state index in [1.165, 1.54) is 0 Å². The second-order valence-corrected chi connectivity index (χ2v) is 5.04. The van der Waals surface area contributed by atoms with Gasteiger partial charge in [0.1, 0.15) is 13.2 Å². The van der Waals surface area contributed by atoms with E-state index in [1.807, 2.05) is 0 Å². The summed E-state index contributed by atoms with van der Waals surface area (Å²) in [7, 11) is 0. The molecule has 6 nitrogen and oxygen atoms in total. The van der Waals surface area contributed by atoms with E-state index >= 15 is 0 Å². The fraction of sp³-hybridized carbons (Fsp3) is 0.429. The van der Waals surface area contributed by atoms with Crippen molar-refractivity contribution in [1.82, 2.24) is 5.32 Å². The Morgan fingerprint density at radius 3 is 2.55 bits per heavy atom. The highest BCUT2D eigenvalue weighted by Crippen LogP contribution is 2.31. The van der Waals surface area contributed by atoms with Gasteiger partial charge in [0, 0.05) is 11.6 Å². The summed E-state index contributed by atoms with van der Waals surface area (Å²) >= 11 is 0. The first-order valence-corrected chi connectivity index (χ1v) is 6.57. The van der Waals surface area contributed by atoms with Gasteiger partial charge in [-0.1, -0.05) is 0 Å². The highest BCUT2D eigenvalue weighted by Gasteiger charge is 2.35. The Labute approximate surface area is 115 Å². The Bertz CT molecular complexity index is 550. The van der Waals surface area contributed by atoms with Crippen molar-refractivity contribution < 1.29 is 24.2 Å². The second kappa shape index (κ2) is 5.03. The van der Waals surface area contributed by atoms with Crippen LogP contribution in [0.4, 0.5) is 0 Å². The van der Waals surface area contributed by atoms with Gasteiger partial charge in [0.25, 0.3) is 5.91 Å². The molecule has 0 spiro atoms. The zero-order valence-corrected chi connectivity index (χ0v) is 10.8. The molecule has 3 rings (SSSR count). The molecular formula is C14H15NO5. The highest BCUT2D eigenvalue weighted by molar-refractivity contribution is 5.95. The zero-order chi connectivity index (χ0) is 14.1. The third-order valence-electron chi connectivity index (χ3n) is 3.63. The van der Waals surface area contributed by atoms with Gasteiger partial charge in [-0.15, -0.1) is 0 Å². The van der Waals surface area contributed by atoms with Gasteiger partial charge in [0.05, 0.1) is 5.92 Å². The molecule has 1 aliphatic carbocycles. The molecule has 0 aromatic heterocycles. The molecule has 1 aromatic rings. The number of benzene rings is 1. The minimum Gasteiger partial charge on any atom is -0.486 e. The monoisotopic (exact) mass is 277 g/mol. The van der Waals surface area contributed by atoms with Crippen LogP contribution in [0.15, 0.2) is 18.2 Å². The van der Waals surface area contributed by atoms with Crippen molar-refractivity contribution in [2.24, 2.45) is 5.92 Å². The van der Waals surface area contributed by atoms with Crippen molar-refractivity contribution in [1.29, 1.82) is 0 Å². The average molecular weight is 277 g/mol. The Kier molecular flexibility index (Phi) is 3.22. The summed E-state index contributed by atoms with van der Waals surface area (Å²) in [5, 5.41) is 11.6. The predicted octanol–water partition coefficient (Wildman–Crippen LogP) is 1.05. The Morgan fingerprint density at radius 1 is 1.15 bits per heavy atom. The summed E-state index contributed by atoms with van der Waals surface area (Å²) in [5.41, 5.74) is 0.494. The molecule has 0 saturated heterocycles. The lowest BCUT2D eigenvalue weighted by Gasteiger charge is -2.32. The summed E-state index contributed by atoms with van der Waals surface area (Å²) in [6, 6.07) is 4.98. The van der Waals surface area contributed by atoms with Gasteiger partial charge in [0.2, 0.25) is 0 Å². The number of carbonyl (C=O) groups excluding carboxylic acids is 1. The van der Waals surface area contributed by atoms with Crippen LogP contribution in [0.25, 0.3) is 0 Å². The molecule has 6 heteroatoms. The van der Waals surface area contributed by atoms with E-state index in [4.69, 9.17) is 14.6 Å². The fourth-order valence-corrected chi connectivity index (χ4v) is 2.39. The first kappa shape index (κ1) is 12.8. The maximum atomic E-state index is 12.1. The van der Waals surface area contributed by atoms with Crippen LogP contribution in [0.5, 0.6) is 11.5 Å². The summed E-state index contributed by atoms with van der Waals surface area (Å²) in [5.74, 6) is -0.130. The lowest BCUT2D eigenvalue weighted by atomic mass is 9.80. The van der Waals surface area contributed by atoms with Gasteiger partial charge in [-0.2, -0.15) is 0 Å². The number of hydrogen-bond donors (Lipinski definition) is 2. The summed E-state index contributed by atoms with van der Waals surface area (Å²) < 4.78 is 10.8. The highest BCUT2D eigenvalue weighted by atomic mass is 16.6. The molecule has 1 aromatic carbocycles. The molecule has 106 valence electrons. The number of ether oxygens (including phenoxy) is 2. The van der Waals surface area contributed by atoms with Crippen molar-refractivity contribution in [2.75, 3.05) is 13.2 Å². The number of carboxylic acids is 1. The standard InChI is InChI=1S/C14H15NO5/c16-13(15-10-5-9(6-10)14(17)18)8-1-2-11-12(7-8)20-4-3-19-11/h1-2,7,9-10H,3-6H2,(H,15,16)(H,17,18). The summed E-state index contributed by atoms with van der Waals surface area (Å²) in [4.78, 5) is 22.8. The van der Waals surface area contributed by atoms with Gasteiger partial charge in [-0.05, 0) is 31.0 Å². The summed E-state index contributed by atoms with van der Waals surface area (Å²) in [6.45, 7) is 0.984. The fourth-order valence-electron chi connectivity index (χ4n) is 2.39. The van der Waals surface area contributed by atoms with E-state index in [9.17, 15) is 9.59 Å². The molecule has 0 atom stereocenters. The number of rotatable bonds is 3. The van der Waals surface area contributed by atoms with Crippen molar-refractivity contribution in [3.05, 3.63) is 23.8 Å². The molecule has 1 fully saturated rings. The maximum absolute atomic E-state index is 12.1. The van der Waals surface area contributed by atoms with Gasteiger partial charge >= 0.3 is 5.97 Å². The predicted molar refractivity (Wildman–Crippen MR) is 69.0 cm³/mol. The lowest BCUT2D eigenvalue weighted by molar-refractivity contribution is -0.145. The molecule has 2 N–H and O–H groups in total. The van der Waals surface area contributed by atoms with Crippen molar-refractivity contribution >= 4 is 11.9 Å². The van der Waals surface area contributed by atoms with Gasteiger partial charge in [-0.25, -0.2) is 0 Å². The van der Waals surface area contributed by atoms with E-state index < -0.39 is 5.97 Å². The van der Waals surface area contributed by atoms with Gasteiger partial charge in [-0.3, -0.25) is 9.59 Å². The van der Waals surface area contributed by atoms with Gasteiger partial charge in [0.15, 0.2) is 11.5 Å². The number of aliphatic carboxylic acids is 1. The van der Waals surface area contributed by atoms with Crippen molar-refractivity contribution in [3.8, 4) is 11.5 Å². The van der Waals surface area contributed by atoms with Crippen LogP contribution in [-0.4, -0.2) is 36.2 Å². The number of carbonyl (C=O) groups is 2. The second-order valence-electron chi connectivity index (χ2n) is 5.04. The quantitative estimate of drug-likeness (QED) is 0.862. The van der Waals surface area contributed by atoms with Gasteiger partial charge < -0.3 is 19.9 Å². The van der Waals surface area contributed by atoms with Crippen LogP contribution in [-0.2, 0) is 4.79 Å². The minimum atomic E-state index is -0.796. The molecule has 0 unspecified atom stereocenters. The third kappa shape index (κ3) is 2.41. The molecule has 1 heterocycles. The zero-order valence-electron chi connectivity index (χ0n) is 10.8. The number of nitrogens with one attached hydrogen (secondary N) is 1. The topological polar surface area (TPSA) is 84.9 Å². The molecule has 1 aliphatic heterocycles. The molecular weight excluding hydrogens is 262 g/mol. The molecule has 1 amide bonds. The van der Waals surface area contributed by atoms with E-state index in [1.54, 1.807) is 18.2 Å². The molecule has 2 aliphatic rings. The van der Waals surface area contributed by atoms with Crippen LogP contribution in [0.2, 0.25) is 0 Å². The molecule has 20 heavy (non-hydrogen) atoms. The van der Waals surface area contributed by atoms with Crippen LogP contribution >= 0.6 is 0 Å². The Hall–Kier alpha value is -2.24.